The molecule has 0 radical (unpaired) electrons. The van der Waals surface area contributed by atoms with Crippen molar-refractivity contribution < 1.29 is 14.7 Å². The Labute approximate surface area is 66.7 Å². The summed E-state index contributed by atoms with van der Waals surface area (Å²) in [5, 5.41) is 7.76. The summed E-state index contributed by atoms with van der Waals surface area (Å²) in [6, 6.07) is 0. The molecule has 0 aromatic rings. The summed E-state index contributed by atoms with van der Waals surface area (Å²) in [5.74, 6) is -1.49. The van der Waals surface area contributed by atoms with Crippen LogP contribution in [0.4, 0.5) is 0 Å². The van der Waals surface area contributed by atoms with Gasteiger partial charge in [0.2, 0.25) is 5.91 Å². The van der Waals surface area contributed by atoms with Gasteiger partial charge in [0, 0.05) is 0 Å². The van der Waals surface area contributed by atoms with Gasteiger partial charge < -0.3 is 10.8 Å². The second-order valence-electron chi connectivity index (χ2n) is 1.99. The van der Waals surface area contributed by atoms with Crippen molar-refractivity contribution in [2.75, 3.05) is 0 Å². The molecule has 0 unspecified atom stereocenters. The highest BCUT2D eigenvalue weighted by Crippen LogP contribution is 2.20. The number of amides is 1. The van der Waals surface area contributed by atoms with Crippen LogP contribution in [0.25, 0.3) is 0 Å². The molecule has 0 aromatic heterocycles. The summed E-state index contributed by atoms with van der Waals surface area (Å²) in [6.45, 7) is 0. The van der Waals surface area contributed by atoms with Crippen LogP contribution in [0.5, 0.6) is 0 Å². The van der Waals surface area contributed by atoms with Crippen molar-refractivity contribution in [1.82, 2.24) is 0 Å². The minimum Gasteiger partial charge on any atom is -0.480 e. The van der Waals surface area contributed by atoms with Crippen LogP contribution in [0.3, 0.4) is 0 Å². The van der Waals surface area contributed by atoms with Gasteiger partial charge in [0.25, 0.3) is 0 Å². The highest BCUT2D eigenvalue weighted by molar-refractivity contribution is 8.15. The molecule has 1 aliphatic heterocycles. The van der Waals surface area contributed by atoms with E-state index in [9.17, 15) is 9.59 Å². The third kappa shape index (κ3) is 1.94. The maximum atomic E-state index is 10.6. The molecule has 1 heterocycles. The van der Waals surface area contributed by atoms with Crippen molar-refractivity contribution in [3.05, 3.63) is 0 Å². The van der Waals surface area contributed by atoms with Gasteiger partial charge in [0.15, 0.2) is 5.17 Å². The molecule has 0 aromatic carbocycles. The Morgan fingerprint density at radius 1 is 1.82 bits per heavy atom. The zero-order valence-electron chi connectivity index (χ0n) is 5.48. The number of hydrogen-bond donors (Lipinski definition) is 2. The summed E-state index contributed by atoms with van der Waals surface area (Å²) in [5.41, 5.74) is 5.18. The molecule has 6 heteroatoms. The van der Waals surface area contributed by atoms with Crippen LogP contribution in [-0.4, -0.2) is 27.4 Å². The first-order valence-corrected chi connectivity index (χ1v) is 3.74. The van der Waals surface area contributed by atoms with E-state index in [4.69, 9.17) is 10.8 Å². The van der Waals surface area contributed by atoms with Crippen LogP contribution in [-0.2, 0) is 9.59 Å². The average Bonchev–Trinajstić information content (AvgIpc) is 1.85. The second-order valence-corrected chi connectivity index (χ2v) is 3.22. The summed E-state index contributed by atoms with van der Waals surface area (Å²) in [6.07, 6.45) is -0.0687. The zero-order valence-corrected chi connectivity index (χ0v) is 6.30. The normalized spacial score (nSPS) is 24.5. The van der Waals surface area contributed by atoms with E-state index in [1.165, 1.54) is 0 Å². The smallest absolute Gasteiger partial charge is 0.317 e. The van der Waals surface area contributed by atoms with Gasteiger partial charge in [-0.2, -0.15) is 4.99 Å². The number of nitrogens with zero attached hydrogens (tertiary/aromatic N) is 1. The highest BCUT2D eigenvalue weighted by atomic mass is 32.2. The lowest BCUT2D eigenvalue weighted by Gasteiger charge is -2.12. The SMILES string of the molecule is NC1=NC(=O)C[C@@H](C(=O)O)S1. The van der Waals surface area contributed by atoms with E-state index in [1.807, 2.05) is 0 Å². The molecule has 5 nitrogen and oxygen atoms in total. The minimum atomic E-state index is -1.03. The molecule has 0 spiro atoms. The molecule has 1 rings (SSSR count). The monoisotopic (exact) mass is 174 g/mol. The van der Waals surface area contributed by atoms with Crippen LogP contribution in [0.2, 0.25) is 0 Å². The van der Waals surface area contributed by atoms with Crippen molar-refractivity contribution in [1.29, 1.82) is 0 Å². The van der Waals surface area contributed by atoms with Crippen molar-refractivity contribution >= 4 is 28.8 Å². The molecule has 60 valence electrons. The van der Waals surface area contributed by atoms with Crippen LogP contribution >= 0.6 is 11.8 Å². The Bertz CT molecular complexity index is 238. The summed E-state index contributed by atoms with van der Waals surface area (Å²) in [4.78, 5) is 24.4. The van der Waals surface area contributed by atoms with Crippen LogP contribution in [0.15, 0.2) is 4.99 Å². The molecule has 0 saturated heterocycles. The fourth-order valence-electron chi connectivity index (χ4n) is 0.679. The predicted molar refractivity (Wildman–Crippen MR) is 40.3 cm³/mol. The molecule has 1 amide bonds. The van der Waals surface area contributed by atoms with E-state index < -0.39 is 17.1 Å². The van der Waals surface area contributed by atoms with Crippen molar-refractivity contribution in [2.24, 2.45) is 10.7 Å². The first-order chi connectivity index (χ1) is 5.09. The van der Waals surface area contributed by atoms with Gasteiger partial charge in [0.05, 0.1) is 6.42 Å². The number of carboxylic acids is 1. The topological polar surface area (TPSA) is 92.8 Å². The molecular formula is C5H6N2O3S. The molecular weight excluding hydrogens is 168 g/mol. The number of amidine groups is 1. The lowest BCUT2D eigenvalue weighted by molar-refractivity contribution is -0.137. The van der Waals surface area contributed by atoms with Crippen LogP contribution in [0, 0.1) is 0 Å². The Morgan fingerprint density at radius 3 is 2.91 bits per heavy atom. The zero-order chi connectivity index (χ0) is 8.43. The third-order valence-electron chi connectivity index (χ3n) is 1.13. The quantitative estimate of drug-likeness (QED) is 0.554. The number of carbonyl (C=O) groups is 2. The molecule has 0 bridgehead atoms. The first-order valence-electron chi connectivity index (χ1n) is 2.86. The van der Waals surface area contributed by atoms with E-state index >= 15 is 0 Å². The van der Waals surface area contributed by atoms with Gasteiger partial charge in [0.1, 0.15) is 5.25 Å². The Balaban J connectivity index is 2.72. The van der Waals surface area contributed by atoms with Crippen LogP contribution < -0.4 is 5.73 Å². The van der Waals surface area contributed by atoms with Crippen LogP contribution in [0.1, 0.15) is 6.42 Å². The summed E-state index contributed by atoms with van der Waals surface area (Å²) in [7, 11) is 0. The number of nitrogens with two attached hydrogens (primary N) is 1. The third-order valence-corrected chi connectivity index (χ3v) is 2.12. The predicted octanol–water partition coefficient (Wildman–Crippen LogP) is -0.582. The molecule has 0 aliphatic carbocycles. The summed E-state index contributed by atoms with van der Waals surface area (Å²) < 4.78 is 0. The fourth-order valence-corrected chi connectivity index (χ4v) is 1.45. The Kier molecular flexibility index (Phi) is 2.13. The van der Waals surface area contributed by atoms with E-state index in [-0.39, 0.29) is 11.6 Å². The molecule has 1 atom stereocenters. The maximum absolute atomic E-state index is 10.6. The average molecular weight is 174 g/mol. The second kappa shape index (κ2) is 2.91. The van der Waals surface area contributed by atoms with E-state index in [2.05, 4.69) is 4.99 Å². The maximum Gasteiger partial charge on any atom is 0.317 e. The number of thioether (sulfide) groups is 1. The number of carboxylic acid groups (broad SMARTS) is 1. The highest BCUT2D eigenvalue weighted by Gasteiger charge is 2.27. The van der Waals surface area contributed by atoms with Crippen molar-refractivity contribution in [3.8, 4) is 0 Å². The lowest BCUT2D eigenvalue weighted by atomic mass is 10.3. The molecule has 3 N–H and O–H groups in total. The van der Waals surface area contributed by atoms with E-state index in [0.29, 0.717) is 0 Å². The van der Waals surface area contributed by atoms with Gasteiger partial charge in [-0.15, -0.1) is 0 Å². The number of carbonyl (C=O) groups excluding carboxylic acids is 1. The fraction of sp³-hybridized carbons (Fsp3) is 0.400. The van der Waals surface area contributed by atoms with E-state index in [0.717, 1.165) is 11.8 Å². The first kappa shape index (κ1) is 8.06. The van der Waals surface area contributed by atoms with Gasteiger partial charge in [-0.05, 0) is 0 Å². The lowest BCUT2D eigenvalue weighted by Crippen LogP contribution is -2.28. The van der Waals surface area contributed by atoms with Crippen molar-refractivity contribution in [2.45, 2.75) is 11.7 Å². The summed E-state index contributed by atoms with van der Waals surface area (Å²) >= 11 is 0.906. The Hall–Kier alpha value is -1.04. The van der Waals surface area contributed by atoms with Gasteiger partial charge in [-0.1, -0.05) is 11.8 Å². The molecule has 0 fully saturated rings. The van der Waals surface area contributed by atoms with Gasteiger partial charge in [-0.3, -0.25) is 9.59 Å². The van der Waals surface area contributed by atoms with Gasteiger partial charge >= 0.3 is 5.97 Å². The minimum absolute atomic E-state index is 0.0358. The molecule has 0 saturated carbocycles. The number of rotatable bonds is 1. The standard InChI is InChI=1S/C5H6N2O3S/c6-5-7-3(8)1-2(11-5)4(9)10/h2H,1H2,(H,9,10)(H2,6,7,8)/t2-/m0/s1. The van der Waals surface area contributed by atoms with Crippen molar-refractivity contribution in [3.63, 3.8) is 0 Å². The van der Waals surface area contributed by atoms with Gasteiger partial charge in [-0.25, -0.2) is 0 Å². The Morgan fingerprint density at radius 2 is 2.45 bits per heavy atom. The molecule has 1 aliphatic rings. The largest absolute Gasteiger partial charge is 0.480 e. The molecule has 11 heavy (non-hydrogen) atoms. The number of hydrogen-bond acceptors (Lipinski definition) is 4. The van der Waals surface area contributed by atoms with E-state index in [1.54, 1.807) is 0 Å². The number of aliphatic carboxylic acids is 1. The number of aliphatic imine (C=N–C) groups is 1.